The van der Waals surface area contributed by atoms with E-state index in [1.54, 1.807) is 4.90 Å². The minimum atomic E-state index is 0.00870. The fourth-order valence-corrected chi connectivity index (χ4v) is 2.20. The Morgan fingerprint density at radius 2 is 1.86 bits per heavy atom. The Balaban J connectivity index is 2.64. The molecule has 1 rings (SSSR count). The molecule has 0 spiro atoms. The van der Waals surface area contributed by atoms with Crippen LogP contribution >= 0.6 is 0 Å². The molecule has 0 aromatic carbocycles. The lowest BCUT2D eigenvalue weighted by atomic mass is 9.94. The maximum absolute atomic E-state index is 11.5. The number of hydrogen-bond donors (Lipinski definition) is 0. The zero-order chi connectivity index (χ0) is 10.7. The largest absolute Gasteiger partial charge is 0.332 e. The maximum Gasteiger partial charge on any atom is 0.230 e. The molecule has 1 unspecified atom stereocenters. The van der Waals surface area contributed by atoms with Crippen molar-refractivity contribution in [1.82, 2.24) is 4.90 Å². The second-order valence-corrected chi connectivity index (χ2v) is 4.05. The second-order valence-electron chi connectivity index (χ2n) is 4.05. The highest BCUT2D eigenvalue weighted by Gasteiger charge is 2.33. The Labute approximate surface area is 85.5 Å². The Morgan fingerprint density at radius 1 is 1.29 bits per heavy atom. The first-order chi connectivity index (χ1) is 6.60. The molecule has 14 heavy (non-hydrogen) atoms. The van der Waals surface area contributed by atoms with E-state index in [9.17, 15) is 9.59 Å². The molecule has 1 amide bonds. The molecule has 80 valence electrons. The van der Waals surface area contributed by atoms with Crippen LogP contribution < -0.4 is 0 Å². The van der Waals surface area contributed by atoms with Gasteiger partial charge in [-0.2, -0.15) is 0 Å². The van der Waals surface area contributed by atoms with Crippen LogP contribution in [0.3, 0.4) is 0 Å². The van der Waals surface area contributed by atoms with Gasteiger partial charge in [0.2, 0.25) is 5.91 Å². The van der Waals surface area contributed by atoms with Crippen molar-refractivity contribution < 1.29 is 9.59 Å². The van der Waals surface area contributed by atoms with Gasteiger partial charge in [0.1, 0.15) is 0 Å². The molecule has 0 bridgehead atoms. The van der Waals surface area contributed by atoms with Crippen molar-refractivity contribution in [2.45, 2.75) is 46.1 Å². The van der Waals surface area contributed by atoms with E-state index in [0.717, 1.165) is 12.8 Å². The zero-order valence-electron chi connectivity index (χ0n) is 9.25. The van der Waals surface area contributed by atoms with Crippen molar-refractivity contribution in [2.24, 2.45) is 5.92 Å². The highest BCUT2D eigenvalue weighted by atomic mass is 16.2. The first kappa shape index (κ1) is 11.2. The van der Waals surface area contributed by atoms with E-state index < -0.39 is 0 Å². The van der Waals surface area contributed by atoms with E-state index >= 15 is 0 Å². The van der Waals surface area contributed by atoms with Gasteiger partial charge in [0.25, 0.3) is 0 Å². The van der Waals surface area contributed by atoms with E-state index in [0.29, 0.717) is 12.5 Å². The fraction of sp³-hybridized carbons (Fsp3) is 0.818. The number of carbonyl (C=O) groups is 2. The van der Waals surface area contributed by atoms with Crippen molar-refractivity contribution in [3.63, 3.8) is 0 Å². The standard InChI is InChI=1S/C11H19NO2/c1-4-9(5-2)8(3)12-7-10(13)6-11(12)14/h8-9H,4-7H2,1-3H3. The normalized spacial score (nSPS) is 19.6. The predicted octanol–water partition coefficient (Wildman–Crippen LogP) is 1.61. The van der Waals surface area contributed by atoms with Gasteiger partial charge in [0, 0.05) is 6.04 Å². The van der Waals surface area contributed by atoms with E-state index in [2.05, 4.69) is 13.8 Å². The van der Waals surface area contributed by atoms with Crippen molar-refractivity contribution in [2.75, 3.05) is 6.54 Å². The third-order valence-electron chi connectivity index (χ3n) is 3.24. The number of Topliss-reactive ketones (excluding diaryl/α,β-unsaturated/α-hetero) is 1. The molecule has 3 nitrogen and oxygen atoms in total. The van der Waals surface area contributed by atoms with Crippen molar-refractivity contribution in [3.05, 3.63) is 0 Å². The van der Waals surface area contributed by atoms with Crippen LogP contribution in [0.5, 0.6) is 0 Å². The van der Waals surface area contributed by atoms with Crippen LogP contribution in [-0.2, 0) is 9.59 Å². The Bertz CT molecular complexity index is 233. The number of hydrogen-bond acceptors (Lipinski definition) is 2. The summed E-state index contributed by atoms with van der Waals surface area (Å²) in [4.78, 5) is 24.3. The summed E-state index contributed by atoms with van der Waals surface area (Å²) in [5, 5.41) is 0. The monoisotopic (exact) mass is 197 g/mol. The van der Waals surface area contributed by atoms with Gasteiger partial charge >= 0.3 is 0 Å². The fourth-order valence-electron chi connectivity index (χ4n) is 2.20. The molecule has 0 N–H and O–H groups in total. The van der Waals surface area contributed by atoms with Gasteiger partial charge in [-0.05, 0) is 12.8 Å². The average molecular weight is 197 g/mol. The molecule has 3 heteroatoms. The molecule has 1 aliphatic heterocycles. The SMILES string of the molecule is CCC(CC)C(C)N1CC(=O)CC1=O. The molecule has 0 aliphatic carbocycles. The highest BCUT2D eigenvalue weighted by molar-refractivity contribution is 6.05. The van der Waals surface area contributed by atoms with Gasteiger partial charge in [-0.3, -0.25) is 9.59 Å². The highest BCUT2D eigenvalue weighted by Crippen LogP contribution is 2.21. The van der Waals surface area contributed by atoms with Gasteiger partial charge in [0.05, 0.1) is 13.0 Å². The van der Waals surface area contributed by atoms with Crippen molar-refractivity contribution >= 4 is 11.7 Å². The topological polar surface area (TPSA) is 37.4 Å². The van der Waals surface area contributed by atoms with E-state index in [1.807, 2.05) is 6.92 Å². The molecule has 0 saturated carbocycles. The molecule has 1 atom stereocenters. The number of amides is 1. The maximum atomic E-state index is 11.5. The number of rotatable bonds is 4. The summed E-state index contributed by atoms with van der Waals surface area (Å²) in [5.74, 6) is 0.590. The first-order valence-electron chi connectivity index (χ1n) is 5.41. The molecule has 1 saturated heterocycles. The zero-order valence-corrected chi connectivity index (χ0v) is 9.25. The van der Waals surface area contributed by atoms with Gasteiger partial charge < -0.3 is 4.90 Å². The first-order valence-corrected chi connectivity index (χ1v) is 5.41. The van der Waals surface area contributed by atoms with E-state index in [4.69, 9.17) is 0 Å². The second kappa shape index (κ2) is 4.58. The van der Waals surface area contributed by atoms with E-state index in [1.165, 1.54) is 0 Å². The Hall–Kier alpha value is -0.860. The Kier molecular flexibility index (Phi) is 3.67. The van der Waals surface area contributed by atoms with Crippen molar-refractivity contribution in [3.8, 4) is 0 Å². The lowest BCUT2D eigenvalue weighted by Gasteiger charge is -2.30. The average Bonchev–Trinajstić information content (AvgIpc) is 2.47. The molecular weight excluding hydrogens is 178 g/mol. The summed E-state index contributed by atoms with van der Waals surface area (Å²) in [6.07, 6.45) is 2.25. The molecule has 1 fully saturated rings. The van der Waals surface area contributed by atoms with E-state index in [-0.39, 0.29) is 24.2 Å². The lowest BCUT2D eigenvalue weighted by Crippen LogP contribution is -2.39. The quantitative estimate of drug-likeness (QED) is 0.642. The van der Waals surface area contributed by atoms with Crippen LogP contribution in [0, 0.1) is 5.92 Å². The number of ketones is 1. The summed E-state index contributed by atoms with van der Waals surface area (Å²) in [6.45, 7) is 6.64. The van der Waals surface area contributed by atoms with Crippen LogP contribution in [-0.4, -0.2) is 29.2 Å². The number of likely N-dealkylation sites (tertiary alicyclic amines) is 1. The van der Waals surface area contributed by atoms with Crippen LogP contribution in [0.1, 0.15) is 40.0 Å². The smallest absolute Gasteiger partial charge is 0.230 e. The van der Waals surface area contributed by atoms with Crippen LogP contribution in [0.4, 0.5) is 0 Å². The van der Waals surface area contributed by atoms with Gasteiger partial charge in [-0.25, -0.2) is 0 Å². The predicted molar refractivity (Wildman–Crippen MR) is 54.9 cm³/mol. The molecule has 0 aromatic rings. The van der Waals surface area contributed by atoms with Crippen LogP contribution in [0.15, 0.2) is 0 Å². The minimum absolute atomic E-state index is 0.00870. The molecule has 0 radical (unpaired) electrons. The molecule has 1 aliphatic rings. The van der Waals surface area contributed by atoms with Crippen molar-refractivity contribution in [1.29, 1.82) is 0 Å². The lowest BCUT2D eigenvalue weighted by molar-refractivity contribution is -0.130. The molecule has 1 heterocycles. The summed E-state index contributed by atoms with van der Waals surface area (Å²) < 4.78 is 0. The van der Waals surface area contributed by atoms with Crippen LogP contribution in [0.2, 0.25) is 0 Å². The third-order valence-corrected chi connectivity index (χ3v) is 3.24. The summed E-state index contributed by atoms with van der Waals surface area (Å²) in [6, 6.07) is 0.212. The minimum Gasteiger partial charge on any atom is -0.332 e. The molecule has 0 aromatic heterocycles. The Morgan fingerprint density at radius 3 is 2.21 bits per heavy atom. The van der Waals surface area contributed by atoms with Crippen LogP contribution in [0.25, 0.3) is 0 Å². The van der Waals surface area contributed by atoms with Gasteiger partial charge in [-0.1, -0.05) is 26.7 Å². The summed E-state index contributed by atoms with van der Waals surface area (Å²) in [5.41, 5.74) is 0. The summed E-state index contributed by atoms with van der Waals surface area (Å²) >= 11 is 0. The summed E-state index contributed by atoms with van der Waals surface area (Å²) in [7, 11) is 0. The number of nitrogens with zero attached hydrogens (tertiary/aromatic N) is 1. The van der Waals surface area contributed by atoms with Gasteiger partial charge in [0.15, 0.2) is 5.78 Å². The van der Waals surface area contributed by atoms with Gasteiger partial charge in [-0.15, -0.1) is 0 Å². The molecular formula is C11H19NO2. The number of carbonyl (C=O) groups excluding carboxylic acids is 2. The third kappa shape index (κ3) is 2.14.